The Morgan fingerprint density at radius 3 is 2.75 bits per heavy atom. The van der Waals surface area contributed by atoms with Crippen molar-refractivity contribution in [3.8, 4) is 11.3 Å². The van der Waals surface area contributed by atoms with Crippen molar-refractivity contribution >= 4 is 26.0 Å². The fourth-order valence-corrected chi connectivity index (χ4v) is 2.39. The Morgan fingerprint density at radius 1 is 1.38 bits per heavy atom. The van der Waals surface area contributed by atoms with Crippen LogP contribution in [0.25, 0.3) is 11.3 Å². The Bertz CT molecular complexity index is 621. The number of halogens is 1. The number of rotatable bonds is 2. The summed E-state index contributed by atoms with van der Waals surface area (Å²) in [7, 11) is -3.76. The van der Waals surface area contributed by atoms with E-state index in [1.165, 1.54) is 6.20 Å². The Kier molecular flexibility index (Phi) is 2.83. The molecule has 2 aromatic rings. The second-order valence-electron chi connectivity index (χ2n) is 3.16. The van der Waals surface area contributed by atoms with Gasteiger partial charge in [-0.05, 0) is 12.1 Å². The van der Waals surface area contributed by atoms with Gasteiger partial charge in [0.15, 0.2) is 0 Å². The second kappa shape index (κ2) is 4.00. The molecule has 0 saturated heterocycles. The molecular weight excluding hydrogens is 294 g/mol. The molecule has 0 saturated carbocycles. The van der Waals surface area contributed by atoms with Gasteiger partial charge in [0.1, 0.15) is 4.90 Å². The minimum Gasteiger partial charge on any atom is -0.276 e. The average Bonchev–Trinajstić information content (AvgIpc) is 2.65. The zero-order chi connectivity index (χ0) is 11.8. The van der Waals surface area contributed by atoms with E-state index >= 15 is 0 Å². The van der Waals surface area contributed by atoms with Crippen molar-refractivity contribution < 1.29 is 8.42 Å². The van der Waals surface area contributed by atoms with Gasteiger partial charge < -0.3 is 0 Å². The highest BCUT2D eigenvalue weighted by molar-refractivity contribution is 9.10. The minimum atomic E-state index is -3.76. The van der Waals surface area contributed by atoms with Gasteiger partial charge in [0, 0.05) is 10.0 Å². The van der Waals surface area contributed by atoms with E-state index in [2.05, 4.69) is 26.1 Å². The fraction of sp³-hybridized carbons (Fsp3) is 0. The molecular formula is C9H8BrN3O2S. The van der Waals surface area contributed by atoms with Gasteiger partial charge in [-0.3, -0.25) is 5.10 Å². The van der Waals surface area contributed by atoms with E-state index in [1.54, 1.807) is 18.2 Å². The van der Waals surface area contributed by atoms with Crippen molar-refractivity contribution in [2.45, 2.75) is 4.90 Å². The first-order valence-corrected chi connectivity index (χ1v) is 6.64. The van der Waals surface area contributed by atoms with Crippen LogP contribution in [-0.2, 0) is 10.0 Å². The van der Waals surface area contributed by atoms with Crippen LogP contribution in [0.5, 0.6) is 0 Å². The van der Waals surface area contributed by atoms with Crippen LogP contribution >= 0.6 is 15.9 Å². The molecule has 0 fully saturated rings. The highest BCUT2D eigenvalue weighted by Crippen LogP contribution is 2.26. The number of nitrogens with one attached hydrogen (secondary N) is 1. The van der Waals surface area contributed by atoms with E-state index in [9.17, 15) is 8.42 Å². The molecule has 1 aromatic carbocycles. The first-order valence-electron chi connectivity index (χ1n) is 4.30. The number of benzene rings is 1. The normalized spacial score (nSPS) is 11.6. The maximum Gasteiger partial charge on any atom is 0.241 e. The van der Waals surface area contributed by atoms with E-state index in [0.717, 1.165) is 4.47 Å². The van der Waals surface area contributed by atoms with Crippen molar-refractivity contribution in [1.29, 1.82) is 0 Å². The molecule has 2 rings (SSSR count). The van der Waals surface area contributed by atoms with Crippen molar-refractivity contribution in [3.63, 3.8) is 0 Å². The first kappa shape index (κ1) is 11.3. The molecule has 0 bridgehead atoms. The van der Waals surface area contributed by atoms with Gasteiger partial charge in [0.2, 0.25) is 10.0 Å². The first-order chi connectivity index (χ1) is 7.48. The zero-order valence-electron chi connectivity index (χ0n) is 8.01. The van der Waals surface area contributed by atoms with Gasteiger partial charge in [-0.2, -0.15) is 5.10 Å². The van der Waals surface area contributed by atoms with Crippen LogP contribution in [-0.4, -0.2) is 18.6 Å². The number of nitrogens with zero attached hydrogens (tertiary/aromatic N) is 1. The zero-order valence-corrected chi connectivity index (χ0v) is 10.4. The maximum absolute atomic E-state index is 11.3. The number of hydrogen-bond donors (Lipinski definition) is 2. The third-order valence-corrected chi connectivity index (χ3v) is 3.44. The van der Waals surface area contributed by atoms with Crippen molar-refractivity contribution in [2.24, 2.45) is 5.14 Å². The van der Waals surface area contributed by atoms with Crippen LogP contribution < -0.4 is 5.14 Å². The van der Waals surface area contributed by atoms with E-state index in [1.807, 2.05) is 6.07 Å². The summed E-state index contributed by atoms with van der Waals surface area (Å²) in [5.41, 5.74) is 1.10. The summed E-state index contributed by atoms with van der Waals surface area (Å²) in [6.45, 7) is 0. The van der Waals surface area contributed by atoms with E-state index in [0.29, 0.717) is 11.3 Å². The smallest absolute Gasteiger partial charge is 0.241 e. The molecule has 0 radical (unpaired) electrons. The molecule has 0 amide bonds. The van der Waals surface area contributed by atoms with Gasteiger partial charge in [-0.25, -0.2) is 13.6 Å². The summed E-state index contributed by atoms with van der Waals surface area (Å²) in [4.78, 5) is -0.00870. The third kappa shape index (κ3) is 2.16. The van der Waals surface area contributed by atoms with Crippen molar-refractivity contribution in [2.75, 3.05) is 0 Å². The molecule has 7 heteroatoms. The van der Waals surface area contributed by atoms with Gasteiger partial charge in [0.05, 0.1) is 11.9 Å². The molecule has 3 N–H and O–H groups in total. The molecule has 1 heterocycles. The number of hydrogen-bond acceptors (Lipinski definition) is 3. The Labute approximate surface area is 101 Å². The maximum atomic E-state index is 11.3. The average molecular weight is 302 g/mol. The summed E-state index contributed by atoms with van der Waals surface area (Å²) in [5, 5.41) is 11.4. The predicted octanol–water partition coefficient (Wildman–Crippen LogP) is 1.49. The summed E-state index contributed by atoms with van der Waals surface area (Å²) in [6.07, 6.45) is 1.20. The second-order valence-corrected chi connectivity index (χ2v) is 5.61. The van der Waals surface area contributed by atoms with Gasteiger partial charge in [-0.1, -0.05) is 28.1 Å². The molecule has 5 nitrogen and oxygen atoms in total. The quantitative estimate of drug-likeness (QED) is 0.880. The van der Waals surface area contributed by atoms with E-state index in [-0.39, 0.29) is 4.90 Å². The van der Waals surface area contributed by atoms with Crippen molar-refractivity contribution in [3.05, 3.63) is 34.9 Å². The number of primary sulfonamides is 1. The van der Waals surface area contributed by atoms with Crippen LogP contribution in [0.2, 0.25) is 0 Å². The summed E-state index contributed by atoms with van der Waals surface area (Å²) < 4.78 is 23.4. The highest BCUT2D eigenvalue weighted by atomic mass is 79.9. The van der Waals surface area contributed by atoms with Gasteiger partial charge >= 0.3 is 0 Å². The monoisotopic (exact) mass is 301 g/mol. The van der Waals surface area contributed by atoms with Gasteiger partial charge in [0.25, 0.3) is 0 Å². The Hall–Kier alpha value is -1.18. The molecule has 1 aromatic heterocycles. The number of aromatic amines is 1. The van der Waals surface area contributed by atoms with E-state index in [4.69, 9.17) is 5.14 Å². The SMILES string of the molecule is NS(=O)(=O)c1cn[nH]c1-c1cccc(Br)c1. The molecule has 0 aliphatic heterocycles. The lowest BCUT2D eigenvalue weighted by molar-refractivity contribution is 0.598. The fourth-order valence-electron chi connectivity index (χ4n) is 1.34. The summed E-state index contributed by atoms with van der Waals surface area (Å²) >= 11 is 3.31. The number of sulfonamides is 1. The number of aromatic nitrogens is 2. The molecule has 0 unspecified atom stereocenters. The van der Waals surface area contributed by atoms with Crippen LogP contribution in [0.15, 0.2) is 39.8 Å². The van der Waals surface area contributed by atoms with Crippen LogP contribution in [0.3, 0.4) is 0 Å². The summed E-state index contributed by atoms with van der Waals surface area (Å²) in [6, 6.07) is 7.19. The Morgan fingerprint density at radius 2 is 2.12 bits per heavy atom. The summed E-state index contributed by atoms with van der Waals surface area (Å²) in [5.74, 6) is 0. The number of nitrogens with two attached hydrogens (primary N) is 1. The Balaban J connectivity index is 2.62. The lowest BCUT2D eigenvalue weighted by Crippen LogP contribution is -2.12. The molecule has 84 valence electrons. The van der Waals surface area contributed by atoms with Crippen molar-refractivity contribution in [1.82, 2.24) is 10.2 Å². The highest BCUT2D eigenvalue weighted by Gasteiger charge is 2.17. The van der Waals surface area contributed by atoms with Crippen LogP contribution in [0.4, 0.5) is 0 Å². The predicted molar refractivity (Wildman–Crippen MR) is 63.1 cm³/mol. The minimum absolute atomic E-state index is 0.00870. The third-order valence-electron chi connectivity index (χ3n) is 2.02. The molecule has 0 aliphatic rings. The van der Waals surface area contributed by atoms with Crippen LogP contribution in [0, 0.1) is 0 Å². The standard InChI is InChI=1S/C9H8BrN3O2S/c10-7-3-1-2-6(4-7)9-8(5-12-13-9)16(11,14)15/h1-5H,(H,12,13)(H2,11,14,15). The lowest BCUT2D eigenvalue weighted by Gasteiger charge is -2.01. The molecule has 0 spiro atoms. The van der Waals surface area contributed by atoms with Crippen LogP contribution in [0.1, 0.15) is 0 Å². The molecule has 0 atom stereocenters. The number of H-pyrrole nitrogens is 1. The molecule has 16 heavy (non-hydrogen) atoms. The molecule has 0 aliphatic carbocycles. The largest absolute Gasteiger partial charge is 0.276 e. The lowest BCUT2D eigenvalue weighted by atomic mass is 10.2. The topological polar surface area (TPSA) is 88.8 Å². The van der Waals surface area contributed by atoms with Gasteiger partial charge in [-0.15, -0.1) is 0 Å². The van der Waals surface area contributed by atoms with E-state index < -0.39 is 10.0 Å².